The third kappa shape index (κ3) is 2.76. The van der Waals surface area contributed by atoms with E-state index in [9.17, 15) is 9.18 Å². The lowest BCUT2D eigenvalue weighted by molar-refractivity contribution is 0.0996. The lowest BCUT2D eigenvalue weighted by atomic mass is 10.0. The number of H-pyrrole nitrogens is 1. The number of aromatic nitrogens is 3. The number of nitrogens with zero attached hydrogens (tertiary/aromatic N) is 2. The van der Waals surface area contributed by atoms with Gasteiger partial charge < -0.3 is 10.5 Å². The highest BCUT2D eigenvalue weighted by atomic mass is 19.1. The quantitative estimate of drug-likeness (QED) is 0.773. The molecule has 1 aromatic heterocycles. The summed E-state index contributed by atoms with van der Waals surface area (Å²) in [5.74, 6) is -0.893. The van der Waals surface area contributed by atoms with Gasteiger partial charge in [-0.05, 0) is 23.3 Å². The number of nitrogens with two attached hydrogens (primary N) is 1. The van der Waals surface area contributed by atoms with Crippen molar-refractivity contribution in [3.8, 4) is 28.1 Å². The molecular weight excluding hydrogens is 299 g/mol. The van der Waals surface area contributed by atoms with E-state index in [1.54, 1.807) is 36.4 Å². The molecule has 3 aromatic rings. The van der Waals surface area contributed by atoms with Gasteiger partial charge in [-0.1, -0.05) is 30.3 Å². The Labute approximate surface area is 131 Å². The molecule has 0 bridgehead atoms. The summed E-state index contributed by atoms with van der Waals surface area (Å²) in [5, 5.41) is 10.0. The largest absolute Gasteiger partial charge is 0.494 e. The van der Waals surface area contributed by atoms with Crippen molar-refractivity contribution < 1.29 is 13.9 Å². The standard InChI is InChI=1S/C16H13FN4O2/c1-23-13-7-6-11(8-12(13)17)9-2-4-10(5-3-9)14-15(16(18)22)20-21-19-14/h2-8H,1H3,(H2,18,22)(H,19,20,21). The lowest BCUT2D eigenvalue weighted by Gasteiger charge is -2.06. The SMILES string of the molecule is COc1ccc(-c2ccc(-c3n[nH]nc3C(N)=O)cc2)cc1F. The maximum atomic E-state index is 13.8. The molecule has 0 atom stereocenters. The van der Waals surface area contributed by atoms with Crippen LogP contribution in [0.4, 0.5) is 4.39 Å². The van der Waals surface area contributed by atoms with E-state index in [-0.39, 0.29) is 11.4 Å². The first-order valence-electron chi connectivity index (χ1n) is 6.75. The van der Waals surface area contributed by atoms with Gasteiger partial charge in [-0.15, -0.1) is 0 Å². The number of hydrogen-bond donors (Lipinski definition) is 2. The topological polar surface area (TPSA) is 93.9 Å². The number of amides is 1. The Morgan fingerprint density at radius 2 is 1.74 bits per heavy atom. The molecule has 0 aliphatic carbocycles. The van der Waals surface area contributed by atoms with Gasteiger partial charge in [-0.3, -0.25) is 4.79 Å². The third-order valence-electron chi connectivity index (χ3n) is 3.42. The molecule has 3 N–H and O–H groups in total. The number of halogens is 1. The van der Waals surface area contributed by atoms with Crippen LogP contribution in [0.1, 0.15) is 10.5 Å². The maximum Gasteiger partial charge on any atom is 0.271 e. The van der Waals surface area contributed by atoms with Crippen molar-refractivity contribution >= 4 is 5.91 Å². The third-order valence-corrected chi connectivity index (χ3v) is 3.42. The van der Waals surface area contributed by atoms with E-state index in [1.165, 1.54) is 13.2 Å². The zero-order chi connectivity index (χ0) is 16.4. The van der Waals surface area contributed by atoms with Crippen LogP contribution in [0.5, 0.6) is 5.75 Å². The fourth-order valence-corrected chi connectivity index (χ4v) is 2.27. The molecule has 0 radical (unpaired) electrons. The Balaban J connectivity index is 1.95. The number of primary amides is 1. The average molecular weight is 312 g/mol. The molecule has 1 heterocycles. The normalized spacial score (nSPS) is 10.5. The Bertz CT molecular complexity index is 859. The molecule has 116 valence electrons. The summed E-state index contributed by atoms with van der Waals surface area (Å²) >= 11 is 0. The molecule has 0 aliphatic heterocycles. The molecular formula is C16H13FN4O2. The van der Waals surface area contributed by atoms with E-state index < -0.39 is 11.7 Å². The van der Waals surface area contributed by atoms with Gasteiger partial charge in [0.25, 0.3) is 5.91 Å². The Morgan fingerprint density at radius 1 is 1.09 bits per heavy atom. The molecule has 3 rings (SSSR count). The molecule has 23 heavy (non-hydrogen) atoms. The van der Waals surface area contributed by atoms with E-state index in [1.807, 2.05) is 0 Å². The van der Waals surface area contributed by atoms with E-state index in [0.717, 1.165) is 5.56 Å². The van der Waals surface area contributed by atoms with Crippen LogP contribution in [-0.4, -0.2) is 28.4 Å². The number of hydrogen-bond acceptors (Lipinski definition) is 4. The molecule has 1 amide bonds. The van der Waals surface area contributed by atoms with Crippen LogP contribution >= 0.6 is 0 Å². The fraction of sp³-hybridized carbons (Fsp3) is 0.0625. The summed E-state index contributed by atoms with van der Waals surface area (Å²) in [6.45, 7) is 0. The Morgan fingerprint density at radius 3 is 2.35 bits per heavy atom. The van der Waals surface area contributed by atoms with Crippen molar-refractivity contribution in [2.75, 3.05) is 7.11 Å². The molecule has 0 unspecified atom stereocenters. The highest BCUT2D eigenvalue weighted by molar-refractivity contribution is 5.96. The minimum atomic E-state index is -0.657. The van der Waals surface area contributed by atoms with Crippen molar-refractivity contribution in [3.63, 3.8) is 0 Å². The van der Waals surface area contributed by atoms with Gasteiger partial charge in [0.05, 0.1) is 7.11 Å². The van der Waals surface area contributed by atoms with Crippen molar-refractivity contribution in [3.05, 3.63) is 54.0 Å². The predicted molar refractivity (Wildman–Crippen MR) is 82.3 cm³/mol. The summed E-state index contributed by atoms with van der Waals surface area (Å²) in [5.41, 5.74) is 7.92. The van der Waals surface area contributed by atoms with Crippen LogP contribution in [-0.2, 0) is 0 Å². The van der Waals surface area contributed by atoms with Crippen LogP contribution in [0.3, 0.4) is 0 Å². The molecule has 0 aliphatic rings. The van der Waals surface area contributed by atoms with Gasteiger partial charge in [-0.2, -0.15) is 15.4 Å². The zero-order valence-corrected chi connectivity index (χ0v) is 12.2. The van der Waals surface area contributed by atoms with Crippen LogP contribution in [0, 0.1) is 5.82 Å². The summed E-state index contributed by atoms with van der Waals surface area (Å²) < 4.78 is 18.7. The van der Waals surface area contributed by atoms with E-state index in [0.29, 0.717) is 16.8 Å². The fourth-order valence-electron chi connectivity index (χ4n) is 2.27. The summed E-state index contributed by atoms with van der Waals surface area (Å²) in [6.07, 6.45) is 0. The monoisotopic (exact) mass is 312 g/mol. The number of nitrogens with one attached hydrogen (secondary N) is 1. The second-order valence-corrected chi connectivity index (χ2v) is 4.81. The number of carbonyl (C=O) groups is 1. The summed E-state index contributed by atoms with van der Waals surface area (Å²) in [7, 11) is 1.42. The lowest BCUT2D eigenvalue weighted by Crippen LogP contribution is -2.12. The van der Waals surface area contributed by atoms with Crippen molar-refractivity contribution in [2.24, 2.45) is 5.73 Å². The van der Waals surface area contributed by atoms with Gasteiger partial charge in [0.1, 0.15) is 5.69 Å². The predicted octanol–water partition coefficient (Wildman–Crippen LogP) is 2.39. The van der Waals surface area contributed by atoms with E-state index in [4.69, 9.17) is 10.5 Å². The number of ether oxygens (including phenoxy) is 1. The second kappa shape index (κ2) is 5.88. The van der Waals surface area contributed by atoms with Crippen LogP contribution < -0.4 is 10.5 Å². The number of rotatable bonds is 4. The zero-order valence-electron chi connectivity index (χ0n) is 12.2. The highest BCUT2D eigenvalue weighted by Crippen LogP contribution is 2.28. The second-order valence-electron chi connectivity index (χ2n) is 4.81. The van der Waals surface area contributed by atoms with Crippen LogP contribution in [0.2, 0.25) is 0 Å². The van der Waals surface area contributed by atoms with Crippen molar-refractivity contribution in [2.45, 2.75) is 0 Å². The average Bonchev–Trinajstić information content (AvgIpc) is 3.05. The van der Waals surface area contributed by atoms with Gasteiger partial charge in [0.15, 0.2) is 17.3 Å². The Kier molecular flexibility index (Phi) is 3.76. The minimum Gasteiger partial charge on any atom is -0.494 e. The highest BCUT2D eigenvalue weighted by Gasteiger charge is 2.15. The molecule has 0 saturated carbocycles. The van der Waals surface area contributed by atoms with Gasteiger partial charge >= 0.3 is 0 Å². The minimum absolute atomic E-state index is 0.0771. The summed E-state index contributed by atoms with van der Waals surface area (Å²) in [6, 6.07) is 11.9. The first-order chi connectivity index (χ1) is 11.1. The summed E-state index contributed by atoms with van der Waals surface area (Å²) in [4.78, 5) is 11.3. The molecule has 7 heteroatoms. The Hall–Kier alpha value is -3.22. The molecule has 6 nitrogen and oxygen atoms in total. The molecule has 0 fully saturated rings. The molecule has 0 spiro atoms. The van der Waals surface area contributed by atoms with Gasteiger partial charge in [0.2, 0.25) is 0 Å². The van der Waals surface area contributed by atoms with Crippen molar-refractivity contribution in [1.82, 2.24) is 15.4 Å². The maximum absolute atomic E-state index is 13.8. The number of methoxy groups -OCH3 is 1. The number of benzene rings is 2. The number of aromatic amines is 1. The molecule has 2 aromatic carbocycles. The first-order valence-corrected chi connectivity index (χ1v) is 6.75. The first kappa shape index (κ1) is 14.7. The number of carbonyl (C=O) groups excluding carboxylic acids is 1. The van der Waals surface area contributed by atoms with Crippen LogP contribution in [0.25, 0.3) is 22.4 Å². The van der Waals surface area contributed by atoms with E-state index in [2.05, 4.69) is 15.4 Å². The smallest absolute Gasteiger partial charge is 0.271 e. The van der Waals surface area contributed by atoms with Gasteiger partial charge in [-0.25, -0.2) is 4.39 Å². The molecule has 0 saturated heterocycles. The van der Waals surface area contributed by atoms with E-state index >= 15 is 0 Å². The van der Waals surface area contributed by atoms with Crippen LogP contribution in [0.15, 0.2) is 42.5 Å². The van der Waals surface area contributed by atoms with Crippen molar-refractivity contribution in [1.29, 1.82) is 0 Å². The van der Waals surface area contributed by atoms with Gasteiger partial charge in [0, 0.05) is 5.56 Å².